The molecule has 33 heavy (non-hydrogen) atoms. The molecule has 11 heteroatoms. The van der Waals surface area contributed by atoms with Gasteiger partial charge in [0.05, 0.1) is 13.2 Å². The van der Waals surface area contributed by atoms with Gasteiger partial charge in [-0.1, -0.05) is 35.1 Å². The van der Waals surface area contributed by atoms with Gasteiger partial charge in [0.2, 0.25) is 9.47 Å². The van der Waals surface area contributed by atoms with Gasteiger partial charge in [-0.25, -0.2) is 13.1 Å². The largest absolute Gasteiger partial charge is 0.497 e. The number of hydrogen-bond donors (Lipinski definition) is 2. The van der Waals surface area contributed by atoms with Gasteiger partial charge < -0.3 is 9.47 Å². The second-order valence-electron chi connectivity index (χ2n) is 8.34. The fraction of sp³-hybridized carbons (Fsp3) is 0.318. The molecule has 0 saturated carbocycles. The molecule has 9 nitrogen and oxygen atoms in total. The Hall–Kier alpha value is -3.02. The summed E-state index contributed by atoms with van der Waals surface area (Å²) in [5, 5.41) is 10.3. The minimum Gasteiger partial charge on any atom is -0.497 e. The molecule has 0 bridgehead atoms. The Kier molecular flexibility index (Phi) is 6.12. The number of nitrogens with zero attached hydrogens (tertiary/aromatic N) is 2. The Morgan fingerprint density at radius 3 is 2.73 bits per heavy atom. The van der Waals surface area contributed by atoms with Crippen LogP contribution < -0.4 is 19.5 Å². The van der Waals surface area contributed by atoms with E-state index in [9.17, 15) is 13.2 Å². The standard InChI is InChI=1S/C22H24N4O5S2/c1-13-6-5-7-14(10-13)19(27)23-20-24-25-21(32-20)33(28,29)26-17-12-22(2,3)31-18-11-15(30-4)8-9-16(17)18/h5-11,17,26H,12H2,1-4H3,(H,23,24,27)/t17-/m1/s1. The van der Waals surface area contributed by atoms with Crippen LogP contribution in [-0.2, 0) is 10.0 Å². The van der Waals surface area contributed by atoms with Crippen LogP contribution in [0.15, 0.2) is 46.8 Å². The summed E-state index contributed by atoms with van der Waals surface area (Å²) in [5.74, 6) is 0.786. The molecule has 0 fully saturated rings. The summed E-state index contributed by atoms with van der Waals surface area (Å²) in [6.07, 6.45) is 0.418. The summed E-state index contributed by atoms with van der Waals surface area (Å²) >= 11 is 0.787. The van der Waals surface area contributed by atoms with Gasteiger partial charge in [0.15, 0.2) is 0 Å². The number of amides is 1. The van der Waals surface area contributed by atoms with Crippen molar-refractivity contribution in [1.82, 2.24) is 14.9 Å². The Bertz CT molecular complexity index is 1300. The second-order valence-corrected chi connectivity index (χ2v) is 11.2. The summed E-state index contributed by atoms with van der Waals surface area (Å²) in [5.41, 5.74) is 1.49. The predicted octanol–water partition coefficient (Wildman–Crippen LogP) is 3.69. The molecule has 1 atom stereocenters. The topological polar surface area (TPSA) is 120 Å². The number of ether oxygens (including phenoxy) is 2. The number of nitrogens with one attached hydrogen (secondary N) is 2. The summed E-state index contributed by atoms with van der Waals surface area (Å²) in [6, 6.07) is 11.8. The van der Waals surface area contributed by atoms with E-state index < -0.39 is 21.7 Å². The van der Waals surface area contributed by atoms with E-state index in [-0.39, 0.29) is 15.4 Å². The maximum Gasteiger partial charge on any atom is 0.270 e. The predicted molar refractivity (Wildman–Crippen MR) is 124 cm³/mol. The van der Waals surface area contributed by atoms with E-state index in [2.05, 4.69) is 20.2 Å². The van der Waals surface area contributed by atoms with Crippen LogP contribution in [0.3, 0.4) is 0 Å². The van der Waals surface area contributed by atoms with Crippen molar-refractivity contribution in [2.45, 2.75) is 43.2 Å². The highest BCUT2D eigenvalue weighted by atomic mass is 32.2. The third kappa shape index (κ3) is 5.15. The number of carbonyl (C=O) groups excluding carboxylic acids is 1. The highest BCUT2D eigenvalue weighted by Gasteiger charge is 2.37. The molecule has 2 heterocycles. The molecule has 3 aromatic rings. The lowest BCUT2D eigenvalue weighted by molar-refractivity contribution is 0.0698. The van der Waals surface area contributed by atoms with E-state index >= 15 is 0 Å². The number of methoxy groups -OCH3 is 1. The number of aromatic nitrogens is 2. The number of sulfonamides is 1. The van der Waals surface area contributed by atoms with E-state index in [0.717, 1.165) is 16.9 Å². The van der Waals surface area contributed by atoms with Crippen LogP contribution in [0, 0.1) is 6.92 Å². The molecule has 0 radical (unpaired) electrons. The fourth-order valence-corrected chi connectivity index (χ4v) is 5.75. The Balaban J connectivity index is 1.54. The van der Waals surface area contributed by atoms with Crippen molar-refractivity contribution >= 4 is 32.4 Å². The molecule has 1 aliphatic heterocycles. The number of anilines is 1. The smallest absolute Gasteiger partial charge is 0.270 e. The number of hydrogen-bond acceptors (Lipinski definition) is 8. The fourth-order valence-electron chi connectivity index (χ4n) is 3.63. The average Bonchev–Trinajstić information content (AvgIpc) is 3.21. The molecule has 1 aliphatic rings. The van der Waals surface area contributed by atoms with Gasteiger partial charge >= 0.3 is 0 Å². The van der Waals surface area contributed by atoms with E-state index in [1.807, 2.05) is 26.8 Å². The van der Waals surface area contributed by atoms with Gasteiger partial charge in [0.25, 0.3) is 15.9 Å². The summed E-state index contributed by atoms with van der Waals surface area (Å²) in [6.45, 7) is 5.66. The van der Waals surface area contributed by atoms with Gasteiger partial charge in [0.1, 0.15) is 17.1 Å². The van der Waals surface area contributed by atoms with Gasteiger partial charge in [-0.2, -0.15) is 0 Å². The molecular weight excluding hydrogens is 464 g/mol. The molecule has 2 aromatic carbocycles. The summed E-state index contributed by atoms with van der Waals surface area (Å²) in [4.78, 5) is 12.4. The van der Waals surface area contributed by atoms with E-state index in [1.54, 1.807) is 43.5 Å². The number of fused-ring (bicyclic) bond motifs is 1. The maximum absolute atomic E-state index is 13.1. The average molecular weight is 489 g/mol. The van der Waals surface area contributed by atoms with Crippen LogP contribution in [0.1, 0.15) is 47.8 Å². The zero-order valence-electron chi connectivity index (χ0n) is 18.6. The zero-order valence-corrected chi connectivity index (χ0v) is 20.2. The van der Waals surface area contributed by atoms with Crippen molar-refractivity contribution in [3.05, 3.63) is 59.2 Å². The Morgan fingerprint density at radius 1 is 1.21 bits per heavy atom. The molecule has 0 unspecified atom stereocenters. The van der Waals surface area contributed by atoms with Gasteiger partial charge in [-0.3, -0.25) is 10.1 Å². The van der Waals surface area contributed by atoms with E-state index in [1.165, 1.54) is 0 Å². The number of carbonyl (C=O) groups is 1. The second kappa shape index (κ2) is 8.73. The molecule has 0 aliphatic carbocycles. The molecule has 0 saturated heterocycles. The van der Waals surface area contributed by atoms with Crippen molar-refractivity contribution < 1.29 is 22.7 Å². The summed E-state index contributed by atoms with van der Waals surface area (Å²) in [7, 11) is -2.44. The van der Waals surface area contributed by atoms with Crippen molar-refractivity contribution in [2.24, 2.45) is 0 Å². The maximum atomic E-state index is 13.1. The third-order valence-corrected chi connectivity index (χ3v) is 7.79. The zero-order chi connectivity index (χ0) is 23.8. The minimum absolute atomic E-state index is 0.0966. The lowest BCUT2D eigenvalue weighted by Gasteiger charge is -2.37. The molecule has 1 aromatic heterocycles. The lowest BCUT2D eigenvalue weighted by Crippen LogP contribution is -2.41. The number of aryl methyl sites for hydroxylation is 1. The quantitative estimate of drug-likeness (QED) is 0.508. The first-order valence-corrected chi connectivity index (χ1v) is 12.5. The molecule has 174 valence electrons. The first-order chi connectivity index (χ1) is 15.6. The molecule has 1 amide bonds. The number of rotatable bonds is 6. The van der Waals surface area contributed by atoms with Crippen LogP contribution in [0.5, 0.6) is 11.5 Å². The minimum atomic E-state index is -4.00. The third-order valence-electron chi connectivity index (χ3n) is 5.11. The van der Waals surface area contributed by atoms with Crippen molar-refractivity contribution in [3.8, 4) is 11.5 Å². The lowest BCUT2D eigenvalue weighted by atomic mass is 9.90. The Morgan fingerprint density at radius 2 is 2.00 bits per heavy atom. The van der Waals surface area contributed by atoms with Crippen molar-refractivity contribution in [3.63, 3.8) is 0 Å². The van der Waals surface area contributed by atoms with Crippen molar-refractivity contribution in [2.75, 3.05) is 12.4 Å². The van der Waals surface area contributed by atoms with E-state index in [0.29, 0.717) is 29.0 Å². The van der Waals surface area contributed by atoms with E-state index in [4.69, 9.17) is 9.47 Å². The number of benzene rings is 2. The highest BCUT2D eigenvalue weighted by Crippen LogP contribution is 2.42. The first kappa shape index (κ1) is 23.1. The van der Waals surface area contributed by atoms with Crippen LogP contribution >= 0.6 is 11.3 Å². The first-order valence-electron chi connectivity index (χ1n) is 10.2. The Labute approximate surface area is 196 Å². The molecule has 0 spiro atoms. The summed E-state index contributed by atoms with van der Waals surface area (Å²) < 4.78 is 39.9. The molecular formula is C22H24N4O5S2. The molecule has 2 N–H and O–H groups in total. The van der Waals surface area contributed by atoms with Gasteiger partial charge in [0, 0.05) is 23.6 Å². The normalized spacial score (nSPS) is 17.0. The highest BCUT2D eigenvalue weighted by molar-refractivity contribution is 7.91. The van der Waals surface area contributed by atoms with Crippen LogP contribution in [0.25, 0.3) is 0 Å². The van der Waals surface area contributed by atoms with Crippen LogP contribution in [-0.4, -0.2) is 37.2 Å². The van der Waals surface area contributed by atoms with Crippen LogP contribution in [0.2, 0.25) is 0 Å². The molecule has 4 rings (SSSR count). The van der Waals surface area contributed by atoms with Gasteiger partial charge in [-0.15, -0.1) is 10.2 Å². The SMILES string of the molecule is COc1ccc2c(c1)OC(C)(C)C[C@H]2NS(=O)(=O)c1nnc(NC(=O)c2cccc(C)c2)s1. The van der Waals surface area contributed by atoms with Crippen LogP contribution in [0.4, 0.5) is 5.13 Å². The van der Waals surface area contributed by atoms with Crippen molar-refractivity contribution in [1.29, 1.82) is 0 Å². The monoisotopic (exact) mass is 488 g/mol. The van der Waals surface area contributed by atoms with Gasteiger partial charge in [-0.05, 0) is 39.0 Å².